The van der Waals surface area contributed by atoms with Crippen LogP contribution in [0.3, 0.4) is 0 Å². The van der Waals surface area contributed by atoms with E-state index >= 15 is 0 Å². The summed E-state index contributed by atoms with van der Waals surface area (Å²) in [5, 5.41) is 6.15. The van der Waals surface area contributed by atoms with E-state index in [1.165, 1.54) is 11.3 Å². The molecule has 8 heteroatoms. The predicted octanol–water partition coefficient (Wildman–Crippen LogP) is 0.509. The number of thiazole rings is 1. The van der Waals surface area contributed by atoms with Crippen LogP contribution in [0.2, 0.25) is 0 Å². The fourth-order valence-corrected chi connectivity index (χ4v) is 2.84. The third-order valence-electron chi connectivity index (χ3n) is 3.16. The number of likely N-dealkylation sites (tertiary alicyclic amines) is 1. The number of aromatic nitrogens is 1. The van der Waals surface area contributed by atoms with Crippen LogP contribution in [0.1, 0.15) is 28.9 Å². The van der Waals surface area contributed by atoms with Crippen LogP contribution < -0.4 is 16.4 Å². The minimum Gasteiger partial charge on any atom is -0.382 e. The van der Waals surface area contributed by atoms with Gasteiger partial charge in [0.05, 0.1) is 0 Å². The highest BCUT2D eigenvalue weighted by molar-refractivity contribution is 7.18. The van der Waals surface area contributed by atoms with Gasteiger partial charge in [0.1, 0.15) is 10.7 Å². The summed E-state index contributed by atoms with van der Waals surface area (Å²) in [6, 6.07) is 0. The number of carbonyl (C=O) groups excluding carboxylic acids is 2. The van der Waals surface area contributed by atoms with Crippen molar-refractivity contribution in [2.75, 3.05) is 37.7 Å². The fourth-order valence-electron chi connectivity index (χ4n) is 2.09. The van der Waals surface area contributed by atoms with E-state index < -0.39 is 0 Å². The molecule has 1 aromatic heterocycles. The number of nitrogen functional groups attached to an aromatic ring is 1. The van der Waals surface area contributed by atoms with Gasteiger partial charge in [-0.25, -0.2) is 4.98 Å². The number of nitrogens with zero attached hydrogens (tertiary/aromatic N) is 2. The Labute approximate surface area is 121 Å². The predicted molar refractivity (Wildman–Crippen MR) is 78.8 cm³/mol. The molecule has 0 unspecified atom stereocenters. The van der Waals surface area contributed by atoms with Crippen molar-refractivity contribution in [2.24, 2.45) is 0 Å². The van der Waals surface area contributed by atoms with Crippen LogP contribution in [0.25, 0.3) is 0 Å². The number of anilines is 2. The van der Waals surface area contributed by atoms with Crippen LogP contribution in [-0.4, -0.2) is 48.4 Å². The number of hydrogen-bond donors (Lipinski definition) is 3. The van der Waals surface area contributed by atoms with Gasteiger partial charge in [-0.05, 0) is 12.8 Å². The largest absolute Gasteiger partial charge is 0.382 e. The molecular weight excluding hydrogens is 278 g/mol. The number of carbonyl (C=O) groups is 2. The zero-order valence-corrected chi connectivity index (χ0v) is 12.3. The highest BCUT2D eigenvalue weighted by Gasteiger charge is 2.19. The van der Waals surface area contributed by atoms with Crippen LogP contribution in [-0.2, 0) is 4.79 Å². The Kier molecular flexibility index (Phi) is 4.78. The van der Waals surface area contributed by atoms with Gasteiger partial charge in [-0.15, -0.1) is 0 Å². The summed E-state index contributed by atoms with van der Waals surface area (Å²) in [6.07, 6.45) is 2.47. The van der Waals surface area contributed by atoms with Gasteiger partial charge < -0.3 is 21.3 Å². The third-order valence-corrected chi connectivity index (χ3v) is 4.24. The van der Waals surface area contributed by atoms with Gasteiger partial charge in [0.25, 0.3) is 5.91 Å². The van der Waals surface area contributed by atoms with Gasteiger partial charge in [0, 0.05) is 33.1 Å². The van der Waals surface area contributed by atoms with Crippen LogP contribution in [0.4, 0.5) is 10.9 Å². The van der Waals surface area contributed by atoms with Crippen LogP contribution in [0, 0.1) is 0 Å². The van der Waals surface area contributed by atoms with E-state index in [0.29, 0.717) is 23.0 Å². The quantitative estimate of drug-likeness (QED) is 0.735. The van der Waals surface area contributed by atoms with Crippen molar-refractivity contribution in [3.8, 4) is 0 Å². The van der Waals surface area contributed by atoms with Crippen molar-refractivity contribution < 1.29 is 9.59 Å². The lowest BCUT2D eigenvalue weighted by atomic mass is 10.3. The Morgan fingerprint density at radius 2 is 2.10 bits per heavy atom. The summed E-state index contributed by atoms with van der Waals surface area (Å²) >= 11 is 1.20. The van der Waals surface area contributed by atoms with Crippen LogP contribution >= 0.6 is 11.3 Å². The highest BCUT2D eigenvalue weighted by Crippen LogP contribution is 2.24. The molecule has 20 heavy (non-hydrogen) atoms. The molecule has 0 aromatic carbocycles. The molecule has 1 aromatic rings. The van der Waals surface area contributed by atoms with Gasteiger partial charge in [0.2, 0.25) is 5.91 Å². The average Bonchev–Trinajstić information content (AvgIpc) is 3.07. The van der Waals surface area contributed by atoms with Crippen molar-refractivity contribution in [1.29, 1.82) is 0 Å². The van der Waals surface area contributed by atoms with E-state index in [2.05, 4.69) is 15.6 Å². The van der Waals surface area contributed by atoms with Crippen molar-refractivity contribution in [3.63, 3.8) is 0 Å². The molecule has 1 fully saturated rings. The van der Waals surface area contributed by atoms with Crippen molar-refractivity contribution in [2.45, 2.75) is 19.3 Å². The molecule has 1 saturated heterocycles. The molecule has 0 aliphatic carbocycles. The maximum absolute atomic E-state index is 11.9. The van der Waals surface area contributed by atoms with E-state index in [9.17, 15) is 9.59 Å². The topological polar surface area (TPSA) is 100 Å². The van der Waals surface area contributed by atoms with E-state index in [4.69, 9.17) is 5.73 Å². The number of nitrogens with two attached hydrogens (primary N) is 1. The average molecular weight is 297 g/mol. The third kappa shape index (κ3) is 3.38. The molecule has 2 heterocycles. The first-order chi connectivity index (χ1) is 9.61. The summed E-state index contributed by atoms with van der Waals surface area (Å²) in [5.41, 5.74) is 5.67. The number of amides is 2. The van der Waals surface area contributed by atoms with Gasteiger partial charge in [-0.3, -0.25) is 9.59 Å². The zero-order chi connectivity index (χ0) is 14.5. The van der Waals surface area contributed by atoms with Crippen molar-refractivity contribution in [3.05, 3.63) is 4.88 Å². The Morgan fingerprint density at radius 3 is 2.70 bits per heavy atom. The molecule has 7 nitrogen and oxygen atoms in total. The molecule has 2 amide bonds. The molecule has 0 spiro atoms. The monoisotopic (exact) mass is 297 g/mol. The van der Waals surface area contributed by atoms with Crippen LogP contribution in [0.5, 0.6) is 0 Å². The van der Waals surface area contributed by atoms with Gasteiger partial charge in [-0.1, -0.05) is 11.3 Å². The standard InChI is InChI=1S/C12H19N5O2S/c1-14-12-16-10(13)9(20-12)11(19)15-5-4-8(18)17-6-2-3-7-17/h2-7,13H2,1H3,(H,14,16)(H,15,19). The van der Waals surface area contributed by atoms with Gasteiger partial charge in [0.15, 0.2) is 5.13 Å². The van der Waals surface area contributed by atoms with Crippen molar-refractivity contribution >= 4 is 34.1 Å². The Hall–Kier alpha value is -1.83. The minimum absolute atomic E-state index is 0.0935. The summed E-state index contributed by atoms with van der Waals surface area (Å²) in [6.45, 7) is 1.99. The first-order valence-corrected chi connectivity index (χ1v) is 7.43. The van der Waals surface area contributed by atoms with Crippen LogP contribution in [0.15, 0.2) is 0 Å². The molecule has 0 atom stereocenters. The number of hydrogen-bond acceptors (Lipinski definition) is 6. The van der Waals surface area contributed by atoms with Gasteiger partial charge in [-0.2, -0.15) is 0 Å². The normalized spacial score (nSPS) is 14.3. The van der Waals surface area contributed by atoms with E-state index in [1.54, 1.807) is 7.05 Å². The number of rotatable bonds is 5. The molecule has 0 saturated carbocycles. The molecular formula is C12H19N5O2S. The van der Waals surface area contributed by atoms with Crippen molar-refractivity contribution in [1.82, 2.24) is 15.2 Å². The second kappa shape index (κ2) is 6.56. The lowest BCUT2D eigenvalue weighted by Gasteiger charge is -2.14. The summed E-state index contributed by atoms with van der Waals surface area (Å²) in [7, 11) is 1.72. The Bertz CT molecular complexity index is 496. The zero-order valence-electron chi connectivity index (χ0n) is 11.4. The first kappa shape index (κ1) is 14.6. The van der Waals surface area contributed by atoms with E-state index in [0.717, 1.165) is 25.9 Å². The molecule has 2 rings (SSSR count). The molecule has 1 aliphatic rings. The lowest BCUT2D eigenvalue weighted by molar-refractivity contribution is -0.129. The summed E-state index contributed by atoms with van der Waals surface area (Å²) in [5.74, 6) is 0.0226. The van der Waals surface area contributed by atoms with Gasteiger partial charge >= 0.3 is 0 Å². The second-order valence-corrected chi connectivity index (χ2v) is 5.58. The lowest BCUT2D eigenvalue weighted by Crippen LogP contribution is -2.32. The minimum atomic E-state index is -0.282. The molecule has 4 N–H and O–H groups in total. The first-order valence-electron chi connectivity index (χ1n) is 6.62. The highest BCUT2D eigenvalue weighted by atomic mass is 32.1. The smallest absolute Gasteiger partial charge is 0.265 e. The fraction of sp³-hybridized carbons (Fsp3) is 0.583. The molecule has 0 bridgehead atoms. The molecule has 110 valence electrons. The van der Waals surface area contributed by atoms with E-state index in [1.807, 2.05) is 4.90 Å². The SMILES string of the molecule is CNc1nc(N)c(C(=O)NCCC(=O)N2CCCC2)s1. The summed E-state index contributed by atoms with van der Waals surface area (Å²) in [4.78, 5) is 30.0. The maximum Gasteiger partial charge on any atom is 0.265 e. The maximum atomic E-state index is 11.9. The van der Waals surface area contributed by atoms with E-state index in [-0.39, 0.29) is 17.6 Å². The summed E-state index contributed by atoms with van der Waals surface area (Å²) < 4.78 is 0. The molecule has 1 aliphatic heterocycles. The Morgan fingerprint density at radius 1 is 1.40 bits per heavy atom. The second-order valence-electron chi connectivity index (χ2n) is 4.58. The number of nitrogens with one attached hydrogen (secondary N) is 2. The molecule has 0 radical (unpaired) electrons. The Balaban J connectivity index is 1.79.